The van der Waals surface area contributed by atoms with Gasteiger partial charge in [-0.15, -0.1) is 0 Å². The summed E-state index contributed by atoms with van der Waals surface area (Å²) in [4.78, 5) is 5.02. The third kappa shape index (κ3) is 4.40. The largest absolute Gasteiger partial charge is 0.356 e. The SMILES string of the molecule is COC(CC(C)(CN)N1CCN(C(C)(C)C)CC1)OC. The summed E-state index contributed by atoms with van der Waals surface area (Å²) < 4.78 is 10.7. The van der Waals surface area contributed by atoms with Gasteiger partial charge in [0.1, 0.15) is 0 Å². The Labute approximate surface area is 124 Å². The number of methoxy groups -OCH3 is 2. The van der Waals surface area contributed by atoms with Gasteiger partial charge >= 0.3 is 0 Å². The second-order valence-electron chi connectivity index (χ2n) is 6.95. The fourth-order valence-electron chi connectivity index (χ4n) is 2.88. The van der Waals surface area contributed by atoms with Crippen LogP contribution in [0, 0.1) is 0 Å². The Kier molecular flexibility index (Phi) is 6.41. The van der Waals surface area contributed by atoms with Gasteiger partial charge in [0.2, 0.25) is 0 Å². The van der Waals surface area contributed by atoms with Crippen LogP contribution in [0.25, 0.3) is 0 Å². The van der Waals surface area contributed by atoms with Gasteiger partial charge in [0.15, 0.2) is 6.29 Å². The van der Waals surface area contributed by atoms with Crippen LogP contribution in [0.2, 0.25) is 0 Å². The Bertz CT molecular complexity index is 281. The van der Waals surface area contributed by atoms with Crippen molar-refractivity contribution in [3.8, 4) is 0 Å². The molecule has 0 radical (unpaired) electrons. The molecule has 0 aromatic carbocycles. The summed E-state index contributed by atoms with van der Waals surface area (Å²) in [5, 5.41) is 0. The number of nitrogens with two attached hydrogens (primary N) is 1. The zero-order valence-electron chi connectivity index (χ0n) is 14.1. The second kappa shape index (κ2) is 7.18. The van der Waals surface area contributed by atoms with Crippen molar-refractivity contribution in [1.29, 1.82) is 0 Å². The summed E-state index contributed by atoms with van der Waals surface area (Å²) in [5.74, 6) is 0. The van der Waals surface area contributed by atoms with Gasteiger partial charge in [-0.2, -0.15) is 0 Å². The molecule has 5 heteroatoms. The molecule has 1 unspecified atom stereocenters. The molecule has 1 rings (SSSR count). The van der Waals surface area contributed by atoms with E-state index in [0.29, 0.717) is 6.54 Å². The highest BCUT2D eigenvalue weighted by molar-refractivity contribution is 4.93. The molecule has 1 aliphatic heterocycles. The fraction of sp³-hybridized carbons (Fsp3) is 1.00. The normalized spacial score (nSPS) is 22.2. The number of hydrogen-bond acceptors (Lipinski definition) is 5. The van der Waals surface area contributed by atoms with E-state index >= 15 is 0 Å². The topological polar surface area (TPSA) is 51.0 Å². The molecule has 0 saturated carbocycles. The summed E-state index contributed by atoms with van der Waals surface area (Å²) in [6.45, 7) is 13.9. The van der Waals surface area contributed by atoms with E-state index in [1.165, 1.54) is 0 Å². The predicted octanol–water partition coefficient (Wildman–Crippen LogP) is 1.13. The Morgan fingerprint density at radius 3 is 1.75 bits per heavy atom. The molecule has 1 aliphatic rings. The van der Waals surface area contributed by atoms with Crippen LogP contribution in [-0.4, -0.2) is 74.1 Å². The molecule has 1 heterocycles. The van der Waals surface area contributed by atoms with E-state index in [2.05, 4.69) is 37.5 Å². The van der Waals surface area contributed by atoms with Crippen LogP contribution in [-0.2, 0) is 9.47 Å². The fourth-order valence-corrected chi connectivity index (χ4v) is 2.88. The quantitative estimate of drug-likeness (QED) is 0.742. The number of ether oxygens (including phenoxy) is 2. The van der Waals surface area contributed by atoms with Crippen molar-refractivity contribution in [2.24, 2.45) is 5.73 Å². The lowest BCUT2D eigenvalue weighted by Crippen LogP contribution is -2.62. The van der Waals surface area contributed by atoms with Crippen LogP contribution < -0.4 is 5.73 Å². The number of piperazine rings is 1. The monoisotopic (exact) mass is 287 g/mol. The van der Waals surface area contributed by atoms with E-state index in [0.717, 1.165) is 32.6 Å². The molecule has 5 nitrogen and oxygen atoms in total. The Hall–Kier alpha value is -0.200. The minimum atomic E-state index is -0.191. The lowest BCUT2D eigenvalue weighted by molar-refractivity contribution is -0.132. The van der Waals surface area contributed by atoms with Gasteiger partial charge in [-0.25, -0.2) is 0 Å². The van der Waals surface area contributed by atoms with Gasteiger partial charge in [0, 0.05) is 64.4 Å². The first kappa shape index (κ1) is 17.9. The van der Waals surface area contributed by atoms with Crippen LogP contribution in [0.4, 0.5) is 0 Å². The highest BCUT2D eigenvalue weighted by Crippen LogP contribution is 2.25. The van der Waals surface area contributed by atoms with Crippen molar-refractivity contribution in [2.75, 3.05) is 46.9 Å². The lowest BCUT2D eigenvalue weighted by atomic mass is 9.93. The average molecular weight is 287 g/mol. The highest BCUT2D eigenvalue weighted by atomic mass is 16.7. The maximum absolute atomic E-state index is 6.05. The number of nitrogens with zero attached hydrogens (tertiary/aromatic N) is 2. The van der Waals surface area contributed by atoms with Gasteiger partial charge in [0.05, 0.1) is 0 Å². The molecule has 1 fully saturated rings. The summed E-state index contributed by atoms with van der Waals surface area (Å²) in [6, 6.07) is 0. The first-order chi connectivity index (χ1) is 9.26. The summed E-state index contributed by atoms with van der Waals surface area (Å²) in [6.07, 6.45) is 0.607. The van der Waals surface area contributed by atoms with E-state index in [-0.39, 0.29) is 17.4 Å². The molecule has 0 bridgehead atoms. The summed E-state index contributed by atoms with van der Waals surface area (Å²) >= 11 is 0. The third-order valence-electron chi connectivity index (χ3n) is 4.56. The van der Waals surface area contributed by atoms with Gasteiger partial charge in [-0.05, 0) is 27.7 Å². The smallest absolute Gasteiger partial charge is 0.158 e. The molecule has 0 aromatic rings. The van der Waals surface area contributed by atoms with Crippen LogP contribution in [0.3, 0.4) is 0 Å². The third-order valence-corrected chi connectivity index (χ3v) is 4.56. The average Bonchev–Trinajstić information content (AvgIpc) is 2.43. The van der Waals surface area contributed by atoms with Crippen LogP contribution in [0.1, 0.15) is 34.1 Å². The molecular formula is C15H33N3O2. The molecule has 20 heavy (non-hydrogen) atoms. The van der Waals surface area contributed by atoms with Crippen molar-refractivity contribution in [3.05, 3.63) is 0 Å². The molecule has 1 atom stereocenters. The van der Waals surface area contributed by atoms with E-state index in [4.69, 9.17) is 15.2 Å². The molecule has 0 aromatic heterocycles. The van der Waals surface area contributed by atoms with Crippen LogP contribution >= 0.6 is 0 Å². The first-order valence-corrected chi connectivity index (χ1v) is 7.52. The number of rotatable bonds is 6. The first-order valence-electron chi connectivity index (χ1n) is 7.52. The van der Waals surface area contributed by atoms with Crippen molar-refractivity contribution in [1.82, 2.24) is 9.80 Å². The van der Waals surface area contributed by atoms with Crippen molar-refractivity contribution in [2.45, 2.75) is 51.5 Å². The minimum Gasteiger partial charge on any atom is -0.356 e. The van der Waals surface area contributed by atoms with E-state index < -0.39 is 0 Å². The summed E-state index contributed by atoms with van der Waals surface area (Å²) in [7, 11) is 3.37. The predicted molar refractivity (Wildman–Crippen MR) is 82.8 cm³/mol. The minimum absolute atomic E-state index is 0.0688. The van der Waals surface area contributed by atoms with Crippen molar-refractivity contribution >= 4 is 0 Å². The van der Waals surface area contributed by atoms with E-state index in [9.17, 15) is 0 Å². The lowest BCUT2D eigenvalue weighted by Gasteiger charge is -2.49. The van der Waals surface area contributed by atoms with Crippen LogP contribution in [0.5, 0.6) is 0 Å². The Morgan fingerprint density at radius 2 is 1.40 bits per heavy atom. The van der Waals surface area contributed by atoms with Gasteiger partial charge in [-0.1, -0.05) is 0 Å². The molecule has 1 saturated heterocycles. The van der Waals surface area contributed by atoms with Gasteiger partial charge < -0.3 is 15.2 Å². The van der Waals surface area contributed by atoms with Crippen LogP contribution in [0.15, 0.2) is 0 Å². The highest BCUT2D eigenvalue weighted by Gasteiger charge is 2.37. The maximum Gasteiger partial charge on any atom is 0.158 e. The Morgan fingerprint density at radius 1 is 0.950 bits per heavy atom. The Balaban J connectivity index is 2.64. The zero-order chi connectivity index (χ0) is 15.4. The maximum atomic E-state index is 6.05. The van der Waals surface area contributed by atoms with Gasteiger partial charge in [-0.3, -0.25) is 9.80 Å². The molecule has 0 spiro atoms. The number of hydrogen-bond donors (Lipinski definition) is 1. The summed E-state index contributed by atoms with van der Waals surface area (Å²) in [5.41, 5.74) is 6.22. The molecule has 0 aliphatic carbocycles. The van der Waals surface area contributed by atoms with E-state index in [1.807, 2.05) is 0 Å². The van der Waals surface area contributed by atoms with Crippen molar-refractivity contribution in [3.63, 3.8) is 0 Å². The molecule has 120 valence electrons. The molecule has 0 amide bonds. The molecule has 2 N–H and O–H groups in total. The molecular weight excluding hydrogens is 254 g/mol. The van der Waals surface area contributed by atoms with Crippen molar-refractivity contribution < 1.29 is 9.47 Å². The second-order valence-corrected chi connectivity index (χ2v) is 6.95. The van der Waals surface area contributed by atoms with E-state index in [1.54, 1.807) is 14.2 Å². The zero-order valence-corrected chi connectivity index (χ0v) is 14.1. The standard InChI is InChI=1S/C15H33N3O2/c1-14(2,3)17-7-9-18(10-8-17)15(4,12-16)11-13(19-5)20-6/h13H,7-12,16H2,1-6H3. The van der Waals surface area contributed by atoms with Gasteiger partial charge in [0.25, 0.3) is 0 Å².